The minimum absolute atomic E-state index is 0.148. The van der Waals surface area contributed by atoms with Gasteiger partial charge in [0.15, 0.2) is 0 Å². The molecule has 0 unspecified atom stereocenters. The standard InChI is InChI=1S/C12H17N3O2/c1-6(2)9-13-10(16)7-8(12(3,4)5)15-17-11(7)14-9/h6H,1-5H3,(H,13,14,16). The van der Waals surface area contributed by atoms with Crippen LogP contribution in [-0.4, -0.2) is 15.1 Å². The predicted octanol–water partition coefficient (Wildman–Crippen LogP) is 2.33. The molecule has 2 rings (SSSR count). The molecule has 0 aliphatic carbocycles. The van der Waals surface area contributed by atoms with Crippen LogP contribution in [0.3, 0.4) is 0 Å². The van der Waals surface area contributed by atoms with Gasteiger partial charge in [-0.15, -0.1) is 0 Å². The van der Waals surface area contributed by atoms with Crippen molar-refractivity contribution in [1.29, 1.82) is 0 Å². The van der Waals surface area contributed by atoms with Crippen molar-refractivity contribution in [3.05, 3.63) is 21.9 Å². The van der Waals surface area contributed by atoms with Gasteiger partial charge in [-0.3, -0.25) is 4.79 Å². The van der Waals surface area contributed by atoms with E-state index in [9.17, 15) is 4.79 Å². The molecule has 0 saturated carbocycles. The molecule has 0 aliphatic rings. The highest BCUT2D eigenvalue weighted by molar-refractivity contribution is 5.75. The van der Waals surface area contributed by atoms with Crippen molar-refractivity contribution in [2.75, 3.05) is 0 Å². The van der Waals surface area contributed by atoms with Crippen molar-refractivity contribution >= 4 is 11.1 Å². The van der Waals surface area contributed by atoms with Gasteiger partial charge in [0.1, 0.15) is 16.9 Å². The summed E-state index contributed by atoms with van der Waals surface area (Å²) in [6.07, 6.45) is 0. The molecule has 0 spiro atoms. The molecular weight excluding hydrogens is 218 g/mol. The van der Waals surface area contributed by atoms with E-state index in [4.69, 9.17) is 4.52 Å². The number of H-pyrrole nitrogens is 1. The second-order valence-electron chi connectivity index (χ2n) is 5.57. The van der Waals surface area contributed by atoms with E-state index in [1.54, 1.807) is 0 Å². The third-order valence-corrected chi connectivity index (χ3v) is 2.62. The lowest BCUT2D eigenvalue weighted by Crippen LogP contribution is -2.18. The second kappa shape index (κ2) is 3.68. The molecular formula is C12H17N3O2. The smallest absolute Gasteiger partial charge is 0.265 e. The second-order valence-corrected chi connectivity index (χ2v) is 5.57. The Hall–Kier alpha value is -1.65. The van der Waals surface area contributed by atoms with Crippen LogP contribution in [0.4, 0.5) is 0 Å². The van der Waals surface area contributed by atoms with Gasteiger partial charge >= 0.3 is 0 Å². The Morgan fingerprint density at radius 2 is 1.94 bits per heavy atom. The third kappa shape index (κ3) is 1.97. The molecule has 0 saturated heterocycles. The van der Waals surface area contributed by atoms with Crippen LogP contribution in [0.1, 0.15) is 52.1 Å². The van der Waals surface area contributed by atoms with Gasteiger partial charge in [-0.2, -0.15) is 4.98 Å². The Morgan fingerprint density at radius 3 is 2.47 bits per heavy atom. The van der Waals surface area contributed by atoms with E-state index in [1.807, 2.05) is 34.6 Å². The zero-order valence-corrected chi connectivity index (χ0v) is 10.8. The maximum absolute atomic E-state index is 12.0. The molecule has 5 heteroatoms. The first kappa shape index (κ1) is 11.8. The number of hydrogen-bond donors (Lipinski definition) is 1. The number of nitrogens with zero attached hydrogens (tertiary/aromatic N) is 2. The first-order valence-corrected chi connectivity index (χ1v) is 5.71. The molecule has 2 aromatic rings. The van der Waals surface area contributed by atoms with Gasteiger partial charge in [0.25, 0.3) is 11.3 Å². The van der Waals surface area contributed by atoms with Gasteiger partial charge in [-0.1, -0.05) is 39.8 Å². The first-order valence-electron chi connectivity index (χ1n) is 5.71. The van der Waals surface area contributed by atoms with Gasteiger partial charge < -0.3 is 9.51 Å². The molecule has 0 fully saturated rings. The zero-order valence-electron chi connectivity index (χ0n) is 10.8. The van der Waals surface area contributed by atoms with Gasteiger partial charge in [-0.25, -0.2) is 0 Å². The normalized spacial score (nSPS) is 12.6. The molecule has 2 aromatic heterocycles. The van der Waals surface area contributed by atoms with E-state index in [2.05, 4.69) is 15.1 Å². The van der Waals surface area contributed by atoms with Crippen LogP contribution >= 0.6 is 0 Å². The van der Waals surface area contributed by atoms with E-state index in [0.29, 0.717) is 22.6 Å². The van der Waals surface area contributed by atoms with E-state index < -0.39 is 0 Å². The van der Waals surface area contributed by atoms with Gasteiger partial charge in [0, 0.05) is 11.3 Å². The Bertz CT molecular complexity index is 602. The van der Waals surface area contributed by atoms with Gasteiger partial charge in [0.05, 0.1) is 0 Å². The van der Waals surface area contributed by atoms with Crippen LogP contribution in [-0.2, 0) is 5.41 Å². The summed E-state index contributed by atoms with van der Waals surface area (Å²) >= 11 is 0. The number of nitrogens with one attached hydrogen (secondary N) is 1. The van der Waals surface area contributed by atoms with Gasteiger partial charge in [0.2, 0.25) is 0 Å². The number of aromatic amines is 1. The third-order valence-electron chi connectivity index (χ3n) is 2.62. The van der Waals surface area contributed by atoms with Crippen molar-refractivity contribution in [3.63, 3.8) is 0 Å². The van der Waals surface area contributed by atoms with Crippen molar-refractivity contribution in [3.8, 4) is 0 Å². The summed E-state index contributed by atoms with van der Waals surface area (Å²) < 4.78 is 5.17. The summed E-state index contributed by atoms with van der Waals surface area (Å²) in [6.45, 7) is 9.89. The lowest BCUT2D eigenvalue weighted by molar-refractivity contribution is 0.413. The summed E-state index contributed by atoms with van der Waals surface area (Å²) in [4.78, 5) is 19.1. The number of fused-ring (bicyclic) bond motifs is 1. The molecule has 1 N–H and O–H groups in total. The Labute approximate surface area is 99.2 Å². The van der Waals surface area contributed by atoms with E-state index in [-0.39, 0.29) is 16.9 Å². The molecule has 0 atom stereocenters. The Morgan fingerprint density at radius 1 is 1.29 bits per heavy atom. The van der Waals surface area contributed by atoms with Crippen molar-refractivity contribution in [2.45, 2.75) is 46.0 Å². The molecule has 0 amide bonds. The Kier molecular flexibility index (Phi) is 2.56. The van der Waals surface area contributed by atoms with E-state index in [1.165, 1.54) is 0 Å². The summed E-state index contributed by atoms with van der Waals surface area (Å²) in [5.74, 6) is 0.773. The fourth-order valence-corrected chi connectivity index (χ4v) is 1.66. The monoisotopic (exact) mass is 235 g/mol. The summed E-state index contributed by atoms with van der Waals surface area (Å²) in [7, 11) is 0. The fourth-order valence-electron chi connectivity index (χ4n) is 1.66. The first-order chi connectivity index (χ1) is 7.80. The fraction of sp³-hybridized carbons (Fsp3) is 0.583. The van der Waals surface area contributed by atoms with Crippen LogP contribution in [0.25, 0.3) is 11.1 Å². The topological polar surface area (TPSA) is 71.8 Å². The largest absolute Gasteiger partial charge is 0.335 e. The highest BCUT2D eigenvalue weighted by atomic mass is 16.5. The van der Waals surface area contributed by atoms with Crippen LogP contribution in [0, 0.1) is 0 Å². The molecule has 2 heterocycles. The number of rotatable bonds is 1. The molecule has 0 radical (unpaired) electrons. The summed E-state index contributed by atoms with van der Waals surface area (Å²) in [5.41, 5.74) is 0.558. The average Bonchev–Trinajstić information content (AvgIpc) is 2.60. The van der Waals surface area contributed by atoms with Crippen molar-refractivity contribution < 1.29 is 4.52 Å². The minimum Gasteiger partial charge on any atom is -0.335 e. The maximum atomic E-state index is 12.0. The molecule has 5 nitrogen and oxygen atoms in total. The average molecular weight is 235 g/mol. The maximum Gasteiger partial charge on any atom is 0.265 e. The van der Waals surface area contributed by atoms with Crippen LogP contribution in [0.5, 0.6) is 0 Å². The summed E-state index contributed by atoms with van der Waals surface area (Å²) in [5, 5.41) is 4.43. The zero-order chi connectivity index (χ0) is 12.8. The van der Waals surface area contributed by atoms with Crippen LogP contribution < -0.4 is 5.56 Å². The summed E-state index contributed by atoms with van der Waals surface area (Å²) in [6, 6.07) is 0. The lowest BCUT2D eigenvalue weighted by atomic mass is 9.91. The van der Waals surface area contributed by atoms with Crippen molar-refractivity contribution in [2.24, 2.45) is 0 Å². The Balaban J connectivity index is 2.76. The molecule has 0 bridgehead atoms. The van der Waals surface area contributed by atoms with Gasteiger partial charge in [-0.05, 0) is 0 Å². The number of aromatic nitrogens is 3. The van der Waals surface area contributed by atoms with Crippen molar-refractivity contribution in [1.82, 2.24) is 15.1 Å². The predicted molar refractivity (Wildman–Crippen MR) is 65.2 cm³/mol. The highest BCUT2D eigenvalue weighted by Gasteiger charge is 2.25. The number of hydrogen-bond acceptors (Lipinski definition) is 4. The lowest BCUT2D eigenvalue weighted by Gasteiger charge is -2.13. The SMILES string of the molecule is CC(C)c1nc2onc(C(C)(C)C)c2c(=O)[nH]1. The molecule has 0 aromatic carbocycles. The van der Waals surface area contributed by atoms with Crippen LogP contribution in [0.2, 0.25) is 0 Å². The van der Waals surface area contributed by atoms with E-state index in [0.717, 1.165) is 0 Å². The highest BCUT2D eigenvalue weighted by Crippen LogP contribution is 2.26. The molecule has 17 heavy (non-hydrogen) atoms. The minimum atomic E-state index is -0.237. The molecule has 0 aliphatic heterocycles. The van der Waals surface area contributed by atoms with E-state index >= 15 is 0 Å². The molecule has 92 valence electrons. The quantitative estimate of drug-likeness (QED) is 0.823. The van der Waals surface area contributed by atoms with Crippen LogP contribution in [0.15, 0.2) is 9.32 Å².